The third kappa shape index (κ3) is 2.73. The Kier molecular flexibility index (Phi) is 3.74. The molecule has 0 aromatic heterocycles. The van der Waals surface area contributed by atoms with Gasteiger partial charge in [-0.3, -0.25) is 4.90 Å². The molecule has 1 aromatic rings. The fourth-order valence-electron chi connectivity index (χ4n) is 2.69. The van der Waals surface area contributed by atoms with Crippen molar-refractivity contribution in [2.45, 2.75) is 45.7 Å². The number of hydrogen-bond donors (Lipinski definition) is 1. The van der Waals surface area contributed by atoms with Crippen molar-refractivity contribution in [3.05, 3.63) is 34.9 Å². The SMILES string of the molecule is Cc1cc(C(N)=S)ccc1CN1CCCC1(C)C. The molecular weight excluding hydrogens is 240 g/mol. The lowest BCUT2D eigenvalue weighted by Gasteiger charge is -2.32. The smallest absolute Gasteiger partial charge is 0.103 e. The molecule has 0 amide bonds. The largest absolute Gasteiger partial charge is 0.389 e. The summed E-state index contributed by atoms with van der Waals surface area (Å²) >= 11 is 5.01. The van der Waals surface area contributed by atoms with Crippen molar-refractivity contribution in [1.29, 1.82) is 0 Å². The minimum Gasteiger partial charge on any atom is -0.389 e. The predicted molar refractivity (Wildman–Crippen MR) is 80.8 cm³/mol. The van der Waals surface area contributed by atoms with Gasteiger partial charge in [-0.25, -0.2) is 0 Å². The second-order valence-corrected chi connectivity index (χ2v) is 6.28. The number of thiocarbonyl (C=S) groups is 1. The van der Waals surface area contributed by atoms with Crippen molar-refractivity contribution in [3.63, 3.8) is 0 Å². The highest BCUT2D eigenvalue weighted by Gasteiger charge is 2.31. The van der Waals surface area contributed by atoms with Crippen LogP contribution in [0.3, 0.4) is 0 Å². The summed E-state index contributed by atoms with van der Waals surface area (Å²) in [5, 5.41) is 0. The van der Waals surface area contributed by atoms with Crippen molar-refractivity contribution in [3.8, 4) is 0 Å². The average molecular weight is 262 g/mol. The molecule has 0 atom stereocenters. The zero-order valence-corrected chi connectivity index (χ0v) is 12.3. The second-order valence-electron chi connectivity index (χ2n) is 5.84. The van der Waals surface area contributed by atoms with E-state index in [1.54, 1.807) is 0 Å². The van der Waals surface area contributed by atoms with Gasteiger partial charge >= 0.3 is 0 Å². The van der Waals surface area contributed by atoms with Gasteiger partial charge in [0.2, 0.25) is 0 Å². The first-order chi connectivity index (χ1) is 8.40. The molecular formula is C15H22N2S. The summed E-state index contributed by atoms with van der Waals surface area (Å²) < 4.78 is 0. The van der Waals surface area contributed by atoms with Crippen LogP contribution in [0.15, 0.2) is 18.2 Å². The van der Waals surface area contributed by atoms with Crippen molar-refractivity contribution >= 4 is 17.2 Å². The highest BCUT2D eigenvalue weighted by atomic mass is 32.1. The van der Waals surface area contributed by atoms with Crippen LogP contribution in [-0.4, -0.2) is 22.0 Å². The monoisotopic (exact) mass is 262 g/mol. The number of nitrogens with two attached hydrogens (primary N) is 1. The van der Waals surface area contributed by atoms with Gasteiger partial charge in [0.05, 0.1) is 0 Å². The van der Waals surface area contributed by atoms with Gasteiger partial charge in [-0.15, -0.1) is 0 Å². The quantitative estimate of drug-likeness (QED) is 0.849. The first-order valence-electron chi connectivity index (χ1n) is 6.54. The van der Waals surface area contributed by atoms with Crippen LogP contribution in [-0.2, 0) is 6.54 Å². The van der Waals surface area contributed by atoms with Crippen LogP contribution in [0, 0.1) is 6.92 Å². The number of likely N-dealkylation sites (tertiary alicyclic amines) is 1. The van der Waals surface area contributed by atoms with E-state index in [0.29, 0.717) is 10.5 Å². The maximum absolute atomic E-state index is 5.66. The summed E-state index contributed by atoms with van der Waals surface area (Å²) in [5.41, 5.74) is 9.61. The zero-order chi connectivity index (χ0) is 13.3. The van der Waals surface area contributed by atoms with Crippen LogP contribution in [0.1, 0.15) is 43.4 Å². The van der Waals surface area contributed by atoms with Gasteiger partial charge in [-0.05, 0) is 57.4 Å². The molecule has 0 bridgehead atoms. The summed E-state index contributed by atoms with van der Waals surface area (Å²) in [7, 11) is 0. The Morgan fingerprint density at radius 1 is 1.44 bits per heavy atom. The standard InChI is InChI=1S/C15H22N2S/c1-11-9-12(14(16)18)5-6-13(11)10-17-8-4-7-15(17,2)3/h5-6,9H,4,7-8,10H2,1-3H3,(H2,16,18). The number of benzene rings is 1. The third-order valence-corrected chi connectivity index (χ3v) is 4.30. The summed E-state index contributed by atoms with van der Waals surface area (Å²) in [4.78, 5) is 3.04. The van der Waals surface area contributed by atoms with Gasteiger partial charge in [-0.1, -0.05) is 24.4 Å². The number of hydrogen-bond acceptors (Lipinski definition) is 2. The van der Waals surface area contributed by atoms with E-state index in [9.17, 15) is 0 Å². The second kappa shape index (κ2) is 4.98. The summed E-state index contributed by atoms with van der Waals surface area (Å²) in [6, 6.07) is 6.30. The van der Waals surface area contributed by atoms with Crippen LogP contribution >= 0.6 is 12.2 Å². The molecule has 18 heavy (non-hydrogen) atoms. The fraction of sp³-hybridized carbons (Fsp3) is 0.533. The number of rotatable bonds is 3. The predicted octanol–water partition coefficient (Wildman–Crippen LogP) is 3.00. The molecule has 1 heterocycles. The van der Waals surface area contributed by atoms with Gasteiger partial charge in [0, 0.05) is 17.6 Å². The maximum atomic E-state index is 5.66. The van der Waals surface area contributed by atoms with Gasteiger partial charge in [0.25, 0.3) is 0 Å². The summed E-state index contributed by atoms with van der Waals surface area (Å²) in [6.07, 6.45) is 2.59. The fourth-order valence-corrected chi connectivity index (χ4v) is 2.82. The zero-order valence-electron chi connectivity index (χ0n) is 11.5. The lowest BCUT2D eigenvalue weighted by molar-refractivity contribution is 0.166. The van der Waals surface area contributed by atoms with Crippen molar-refractivity contribution in [1.82, 2.24) is 4.90 Å². The molecule has 1 aliphatic rings. The van der Waals surface area contributed by atoms with Crippen LogP contribution in [0.25, 0.3) is 0 Å². The van der Waals surface area contributed by atoms with E-state index in [4.69, 9.17) is 18.0 Å². The molecule has 2 N–H and O–H groups in total. The Morgan fingerprint density at radius 2 is 2.17 bits per heavy atom. The third-order valence-electron chi connectivity index (χ3n) is 4.06. The highest BCUT2D eigenvalue weighted by Crippen LogP contribution is 2.30. The summed E-state index contributed by atoms with van der Waals surface area (Å²) in [5.74, 6) is 0. The molecule has 98 valence electrons. The molecule has 0 unspecified atom stereocenters. The van der Waals surface area contributed by atoms with Crippen molar-refractivity contribution < 1.29 is 0 Å². The van der Waals surface area contributed by atoms with Gasteiger partial charge < -0.3 is 5.73 Å². The molecule has 3 heteroatoms. The normalized spacial score (nSPS) is 19.1. The Labute approximate surface area is 115 Å². The van der Waals surface area contributed by atoms with Crippen molar-refractivity contribution in [2.75, 3.05) is 6.54 Å². The Bertz CT molecular complexity index is 466. The topological polar surface area (TPSA) is 29.3 Å². The first kappa shape index (κ1) is 13.5. The lowest BCUT2D eigenvalue weighted by Crippen LogP contribution is -2.37. The molecule has 1 saturated heterocycles. The van der Waals surface area contributed by atoms with E-state index < -0.39 is 0 Å². The highest BCUT2D eigenvalue weighted by molar-refractivity contribution is 7.80. The molecule has 0 aliphatic carbocycles. The minimum atomic E-state index is 0.328. The van der Waals surface area contributed by atoms with Crippen molar-refractivity contribution in [2.24, 2.45) is 5.73 Å². The molecule has 1 aromatic carbocycles. The van der Waals surface area contributed by atoms with Crippen LogP contribution in [0.5, 0.6) is 0 Å². The van der Waals surface area contributed by atoms with Gasteiger partial charge in [0.15, 0.2) is 0 Å². The van der Waals surface area contributed by atoms with Crippen LogP contribution in [0.4, 0.5) is 0 Å². The molecule has 0 spiro atoms. The van der Waals surface area contributed by atoms with E-state index in [1.807, 2.05) is 6.07 Å². The van der Waals surface area contributed by atoms with E-state index in [0.717, 1.165) is 12.1 Å². The molecule has 2 nitrogen and oxygen atoms in total. The molecule has 1 fully saturated rings. The Balaban J connectivity index is 2.17. The average Bonchev–Trinajstić information content (AvgIpc) is 2.61. The molecule has 0 radical (unpaired) electrons. The Hall–Kier alpha value is -0.930. The van der Waals surface area contributed by atoms with E-state index >= 15 is 0 Å². The first-order valence-corrected chi connectivity index (χ1v) is 6.95. The molecule has 0 saturated carbocycles. The lowest BCUT2D eigenvalue weighted by atomic mass is 10.00. The molecule has 2 rings (SSSR count). The molecule has 1 aliphatic heterocycles. The van der Waals surface area contributed by atoms with Gasteiger partial charge in [-0.2, -0.15) is 0 Å². The van der Waals surface area contributed by atoms with E-state index in [-0.39, 0.29) is 0 Å². The summed E-state index contributed by atoms with van der Waals surface area (Å²) in [6.45, 7) is 9.03. The van der Waals surface area contributed by atoms with Crippen LogP contribution in [0.2, 0.25) is 0 Å². The van der Waals surface area contributed by atoms with Crippen LogP contribution < -0.4 is 5.73 Å². The van der Waals surface area contributed by atoms with E-state index in [1.165, 1.54) is 30.5 Å². The Morgan fingerprint density at radius 3 is 2.67 bits per heavy atom. The number of nitrogens with zero attached hydrogens (tertiary/aromatic N) is 1. The maximum Gasteiger partial charge on any atom is 0.103 e. The number of aryl methyl sites for hydroxylation is 1. The van der Waals surface area contributed by atoms with E-state index in [2.05, 4.69) is 37.8 Å². The van der Waals surface area contributed by atoms with Gasteiger partial charge in [0.1, 0.15) is 4.99 Å². The minimum absolute atomic E-state index is 0.328.